The zero-order valence-corrected chi connectivity index (χ0v) is 14.2. The number of ether oxygens (including phenoxy) is 1. The van der Waals surface area contributed by atoms with Gasteiger partial charge in [-0.25, -0.2) is 4.98 Å². The summed E-state index contributed by atoms with van der Waals surface area (Å²) in [7, 11) is 1.69. The fraction of sp³-hybridized carbons (Fsp3) is 0.500. The Balaban J connectivity index is 1.62. The molecule has 0 saturated carbocycles. The van der Waals surface area contributed by atoms with Crippen molar-refractivity contribution in [3.05, 3.63) is 47.5 Å². The molecule has 1 aliphatic rings. The number of amides is 1. The maximum atomic E-state index is 12.6. The second-order valence-corrected chi connectivity index (χ2v) is 6.39. The molecule has 0 aliphatic carbocycles. The number of hydrogen-bond acceptors (Lipinski definition) is 4. The van der Waals surface area contributed by atoms with E-state index in [1.807, 2.05) is 30.0 Å². The first kappa shape index (κ1) is 16.6. The summed E-state index contributed by atoms with van der Waals surface area (Å²) in [6.07, 6.45) is 1.30. The summed E-state index contributed by atoms with van der Waals surface area (Å²) in [5, 5.41) is 7.18. The lowest BCUT2D eigenvalue weighted by Crippen LogP contribution is -2.29. The molecule has 0 spiro atoms. The standard InChI is InChI=1S/C18H24N4O2/c1-13-19-18(21-20-13)16-11-22(10-15(16)12-24-2)17(23)9-8-14-6-4-3-5-7-14/h3-7,15-16H,8-12H2,1-2H3,(H,19,20,21)/t15-,16+/m0/s1. The first-order chi connectivity index (χ1) is 11.7. The molecule has 0 radical (unpaired) electrons. The number of nitrogens with one attached hydrogen (secondary N) is 1. The zero-order chi connectivity index (χ0) is 16.9. The molecule has 0 bridgehead atoms. The minimum Gasteiger partial charge on any atom is -0.384 e. The van der Waals surface area contributed by atoms with Crippen LogP contribution in [0.2, 0.25) is 0 Å². The molecule has 1 saturated heterocycles. The number of carbonyl (C=O) groups is 1. The Bertz CT molecular complexity index is 671. The van der Waals surface area contributed by atoms with E-state index in [-0.39, 0.29) is 17.7 Å². The average molecular weight is 328 g/mol. The third kappa shape index (κ3) is 3.82. The Hall–Kier alpha value is -2.21. The topological polar surface area (TPSA) is 71.1 Å². The third-order valence-corrected chi connectivity index (χ3v) is 4.59. The van der Waals surface area contributed by atoms with Crippen LogP contribution in [0.1, 0.15) is 29.6 Å². The zero-order valence-electron chi connectivity index (χ0n) is 14.2. The van der Waals surface area contributed by atoms with E-state index in [0.29, 0.717) is 26.1 Å². The molecule has 1 amide bonds. The summed E-state index contributed by atoms with van der Waals surface area (Å²) >= 11 is 0. The van der Waals surface area contributed by atoms with Gasteiger partial charge in [-0.15, -0.1) is 0 Å². The molecular weight excluding hydrogens is 304 g/mol. The number of methoxy groups -OCH3 is 1. The van der Waals surface area contributed by atoms with E-state index in [9.17, 15) is 4.79 Å². The maximum Gasteiger partial charge on any atom is 0.222 e. The van der Waals surface area contributed by atoms with Crippen molar-refractivity contribution in [2.45, 2.75) is 25.7 Å². The molecule has 128 valence electrons. The Morgan fingerprint density at radius 2 is 2.12 bits per heavy atom. The van der Waals surface area contributed by atoms with E-state index in [1.54, 1.807) is 7.11 Å². The molecule has 2 heterocycles. The van der Waals surface area contributed by atoms with E-state index in [4.69, 9.17) is 4.74 Å². The van der Waals surface area contributed by atoms with Crippen LogP contribution in [0.25, 0.3) is 0 Å². The highest BCUT2D eigenvalue weighted by molar-refractivity contribution is 5.77. The molecule has 0 unspecified atom stereocenters. The Labute approximate surface area is 142 Å². The molecule has 1 aromatic carbocycles. The highest BCUT2D eigenvalue weighted by atomic mass is 16.5. The van der Waals surface area contributed by atoms with Crippen molar-refractivity contribution in [2.24, 2.45) is 5.92 Å². The summed E-state index contributed by atoms with van der Waals surface area (Å²) < 4.78 is 5.34. The van der Waals surface area contributed by atoms with Crippen LogP contribution < -0.4 is 0 Å². The Morgan fingerprint density at radius 1 is 1.33 bits per heavy atom. The number of rotatable bonds is 6. The summed E-state index contributed by atoms with van der Waals surface area (Å²) in [5.74, 6) is 2.15. The number of aromatic nitrogens is 3. The van der Waals surface area contributed by atoms with E-state index in [1.165, 1.54) is 5.56 Å². The van der Waals surface area contributed by atoms with Gasteiger partial charge in [0.05, 0.1) is 6.61 Å². The van der Waals surface area contributed by atoms with Gasteiger partial charge < -0.3 is 9.64 Å². The number of hydrogen-bond donors (Lipinski definition) is 1. The van der Waals surface area contributed by atoms with Crippen LogP contribution in [0, 0.1) is 12.8 Å². The van der Waals surface area contributed by atoms with E-state index >= 15 is 0 Å². The lowest BCUT2D eigenvalue weighted by Gasteiger charge is -2.16. The van der Waals surface area contributed by atoms with Crippen molar-refractivity contribution in [2.75, 3.05) is 26.8 Å². The number of nitrogens with zero attached hydrogens (tertiary/aromatic N) is 3. The number of aromatic amines is 1. The van der Waals surface area contributed by atoms with Crippen molar-refractivity contribution >= 4 is 5.91 Å². The van der Waals surface area contributed by atoms with Gasteiger partial charge in [0.1, 0.15) is 5.82 Å². The molecule has 1 N–H and O–H groups in total. The van der Waals surface area contributed by atoms with Gasteiger partial charge in [-0.05, 0) is 18.9 Å². The van der Waals surface area contributed by atoms with Gasteiger partial charge in [0.2, 0.25) is 5.91 Å². The minimum atomic E-state index is 0.135. The predicted molar refractivity (Wildman–Crippen MR) is 90.6 cm³/mol. The lowest BCUT2D eigenvalue weighted by molar-refractivity contribution is -0.130. The normalized spacial score (nSPS) is 20.5. The maximum absolute atomic E-state index is 12.6. The first-order valence-electron chi connectivity index (χ1n) is 8.37. The van der Waals surface area contributed by atoms with Crippen LogP contribution in [0.4, 0.5) is 0 Å². The summed E-state index contributed by atoms with van der Waals surface area (Å²) in [6.45, 7) is 3.87. The lowest BCUT2D eigenvalue weighted by atomic mass is 9.96. The SMILES string of the molecule is COC[C@@H]1CN(C(=O)CCc2ccccc2)C[C@H]1c1n[nH]c(C)n1. The van der Waals surface area contributed by atoms with E-state index in [0.717, 1.165) is 18.1 Å². The van der Waals surface area contributed by atoms with E-state index in [2.05, 4.69) is 27.3 Å². The minimum absolute atomic E-state index is 0.135. The van der Waals surface area contributed by atoms with Crippen molar-refractivity contribution in [1.82, 2.24) is 20.1 Å². The smallest absolute Gasteiger partial charge is 0.222 e. The number of H-pyrrole nitrogens is 1. The average Bonchev–Trinajstić information content (AvgIpc) is 3.20. The molecule has 2 atom stereocenters. The molecule has 6 nitrogen and oxygen atoms in total. The number of likely N-dealkylation sites (tertiary alicyclic amines) is 1. The van der Waals surface area contributed by atoms with Crippen molar-refractivity contribution in [3.63, 3.8) is 0 Å². The van der Waals surface area contributed by atoms with Gasteiger partial charge in [0.15, 0.2) is 5.82 Å². The monoisotopic (exact) mass is 328 g/mol. The first-order valence-corrected chi connectivity index (χ1v) is 8.37. The van der Waals surface area contributed by atoms with Crippen molar-refractivity contribution < 1.29 is 9.53 Å². The summed E-state index contributed by atoms with van der Waals surface area (Å²) in [6, 6.07) is 10.1. The molecule has 1 aliphatic heterocycles. The highest BCUT2D eigenvalue weighted by Gasteiger charge is 2.38. The van der Waals surface area contributed by atoms with Crippen LogP contribution in [0.5, 0.6) is 0 Å². The van der Waals surface area contributed by atoms with Crippen LogP contribution >= 0.6 is 0 Å². The number of aryl methyl sites for hydroxylation is 2. The quantitative estimate of drug-likeness (QED) is 0.879. The van der Waals surface area contributed by atoms with Gasteiger partial charge in [-0.2, -0.15) is 5.10 Å². The molecule has 1 aromatic heterocycles. The molecule has 24 heavy (non-hydrogen) atoms. The summed E-state index contributed by atoms with van der Waals surface area (Å²) in [5.41, 5.74) is 1.19. The van der Waals surface area contributed by atoms with Crippen LogP contribution in [-0.2, 0) is 16.0 Å². The third-order valence-electron chi connectivity index (χ3n) is 4.59. The fourth-order valence-electron chi connectivity index (χ4n) is 3.33. The van der Waals surface area contributed by atoms with Gasteiger partial charge >= 0.3 is 0 Å². The van der Waals surface area contributed by atoms with Crippen LogP contribution in [-0.4, -0.2) is 52.8 Å². The molecule has 6 heteroatoms. The Kier molecular flexibility index (Phi) is 5.25. The Morgan fingerprint density at radius 3 is 2.79 bits per heavy atom. The van der Waals surface area contributed by atoms with E-state index < -0.39 is 0 Å². The van der Waals surface area contributed by atoms with Gasteiger partial charge in [-0.3, -0.25) is 9.89 Å². The molecular formula is C18H24N4O2. The van der Waals surface area contributed by atoms with Gasteiger partial charge in [0, 0.05) is 38.5 Å². The van der Waals surface area contributed by atoms with Gasteiger partial charge in [-0.1, -0.05) is 30.3 Å². The number of benzene rings is 1. The highest BCUT2D eigenvalue weighted by Crippen LogP contribution is 2.31. The number of carbonyl (C=O) groups excluding carboxylic acids is 1. The molecule has 1 fully saturated rings. The second kappa shape index (κ2) is 7.57. The van der Waals surface area contributed by atoms with Crippen molar-refractivity contribution in [1.29, 1.82) is 0 Å². The largest absolute Gasteiger partial charge is 0.384 e. The second-order valence-electron chi connectivity index (χ2n) is 6.39. The fourth-order valence-corrected chi connectivity index (χ4v) is 3.33. The summed E-state index contributed by atoms with van der Waals surface area (Å²) in [4.78, 5) is 19.0. The molecule has 2 aromatic rings. The predicted octanol–water partition coefficient (Wildman–Crippen LogP) is 1.93. The molecule has 3 rings (SSSR count). The van der Waals surface area contributed by atoms with Crippen LogP contribution in [0.15, 0.2) is 30.3 Å². The van der Waals surface area contributed by atoms with Crippen LogP contribution in [0.3, 0.4) is 0 Å². The van der Waals surface area contributed by atoms with Crippen molar-refractivity contribution in [3.8, 4) is 0 Å². The van der Waals surface area contributed by atoms with Gasteiger partial charge in [0.25, 0.3) is 0 Å².